The van der Waals surface area contributed by atoms with E-state index in [2.05, 4.69) is 10.0 Å². The third kappa shape index (κ3) is 4.56. The second-order valence-corrected chi connectivity index (χ2v) is 7.87. The fourth-order valence-corrected chi connectivity index (χ4v) is 3.23. The van der Waals surface area contributed by atoms with E-state index in [4.69, 9.17) is 0 Å². The maximum Gasteiger partial charge on any atom is 0.215 e. The Morgan fingerprint density at radius 2 is 1.82 bits per heavy atom. The second-order valence-electron chi connectivity index (χ2n) is 5.74. The minimum absolute atomic E-state index is 0.0795. The third-order valence-electron chi connectivity index (χ3n) is 3.55. The van der Waals surface area contributed by atoms with E-state index in [1.807, 2.05) is 6.92 Å². The Kier molecular flexibility index (Phi) is 4.10. The maximum atomic E-state index is 12.0. The molecule has 0 spiro atoms. The summed E-state index contributed by atoms with van der Waals surface area (Å²) in [6, 6.07) is 0.646. The Hall–Kier alpha value is -0.130. The first-order valence-electron chi connectivity index (χ1n) is 6.72. The lowest BCUT2D eigenvalue weighted by atomic mass is 10.2. The van der Waals surface area contributed by atoms with Gasteiger partial charge in [-0.25, -0.2) is 13.1 Å². The molecule has 4 nitrogen and oxygen atoms in total. The first-order valence-corrected chi connectivity index (χ1v) is 8.26. The fraction of sp³-hybridized carbons (Fsp3) is 1.00. The molecule has 5 heteroatoms. The van der Waals surface area contributed by atoms with Crippen LogP contribution in [0.2, 0.25) is 0 Å². The van der Waals surface area contributed by atoms with Crippen molar-refractivity contribution in [3.8, 4) is 0 Å². The SMILES string of the molecule is CC(CC1CC1)NS(=O)(=O)C(C)CNC1CC1. The smallest absolute Gasteiger partial charge is 0.215 e. The van der Waals surface area contributed by atoms with Crippen LogP contribution in [0.15, 0.2) is 0 Å². The van der Waals surface area contributed by atoms with Gasteiger partial charge in [-0.2, -0.15) is 0 Å². The minimum atomic E-state index is -3.16. The van der Waals surface area contributed by atoms with Crippen molar-refractivity contribution >= 4 is 10.0 Å². The summed E-state index contributed by atoms with van der Waals surface area (Å²) in [6.07, 6.45) is 5.91. The summed E-state index contributed by atoms with van der Waals surface area (Å²) >= 11 is 0. The average Bonchev–Trinajstić information content (AvgIpc) is 3.07. The topological polar surface area (TPSA) is 58.2 Å². The molecule has 0 amide bonds. The Balaban J connectivity index is 1.74. The van der Waals surface area contributed by atoms with Crippen LogP contribution in [-0.4, -0.2) is 32.3 Å². The van der Waals surface area contributed by atoms with Crippen LogP contribution in [-0.2, 0) is 10.0 Å². The van der Waals surface area contributed by atoms with Crippen molar-refractivity contribution in [2.24, 2.45) is 5.92 Å². The highest BCUT2D eigenvalue weighted by Crippen LogP contribution is 2.33. The zero-order chi connectivity index (χ0) is 12.5. The van der Waals surface area contributed by atoms with Crippen LogP contribution in [0.1, 0.15) is 46.0 Å². The number of hydrogen-bond donors (Lipinski definition) is 2. The van der Waals surface area contributed by atoms with Gasteiger partial charge in [0, 0.05) is 18.6 Å². The van der Waals surface area contributed by atoms with Gasteiger partial charge < -0.3 is 5.32 Å². The van der Waals surface area contributed by atoms with Crippen molar-refractivity contribution < 1.29 is 8.42 Å². The molecular weight excluding hydrogens is 236 g/mol. The van der Waals surface area contributed by atoms with Crippen LogP contribution in [0, 0.1) is 5.92 Å². The number of nitrogens with one attached hydrogen (secondary N) is 2. The molecule has 2 N–H and O–H groups in total. The lowest BCUT2D eigenvalue weighted by Gasteiger charge is -2.18. The van der Waals surface area contributed by atoms with Gasteiger partial charge in [-0.15, -0.1) is 0 Å². The molecule has 2 atom stereocenters. The highest BCUT2D eigenvalue weighted by molar-refractivity contribution is 7.90. The van der Waals surface area contributed by atoms with Crippen molar-refractivity contribution in [3.05, 3.63) is 0 Å². The van der Waals surface area contributed by atoms with Crippen molar-refractivity contribution in [1.82, 2.24) is 10.0 Å². The van der Waals surface area contributed by atoms with E-state index in [0.717, 1.165) is 12.3 Å². The minimum Gasteiger partial charge on any atom is -0.313 e. The molecule has 2 saturated carbocycles. The lowest BCUT2D eigenvalue weighted by molar-refractivity contribution is 0.516. The molecule has 2 aliphatic carbocycles. The zero-order valence-electron chi connectivity index (χ0n) is 10.8. The summed E-state index contributed by atoms with van der Waals surface area (Å²) in [5.41, 5.74) is 0. The van der Waals surface area contributed by atoms with E-state index < -0.39 is 10.0 Å². The van der Waals surface area contributed by atoms with Gasteiger partial charge in [0.25, 0.3) is 0 Å². The maximum absolute atomic E-state index is 12.0. The molecule has 0 aromatic rings. The van der Waals surface area contributed by atoms with Gasteiger partial charge in [0.15, 0.2) is 0 Å². The fourth-order valence-electron chi connectivity index (χ4n) is 2.03. The molecule has 0 radical (unpaired) electrons. The average molecular weight is 260 g/mol. The van der Waals surface area contributed by atoms with Gasteiger partial charge in [-0.05, 0) is 39.0 Å². The van der Waals surface area contributed by atoms with Gasteiger partial charge >= 0.3 is 0 Å². The summed E-state index contributed by atoms with van der Waals surface area (Å²) in [5, 5.41) is 2.93. The Morgan fingerprint density at radius 1 is 1.18 bits per heavy atom. The van der Waals surface area contributed by atoms with E-state index in [-0.39, 0.29) is 11.3 Å². The van der Waals surface area contributed by atoms with Gasteiger partial charge in [0.1, 0.15) is 0 Å². The molecule has 17 heavy (non-hydrogen) atoms. The molecule has 2 aliphatic rings. The third-order valence-corrected chi connectivity index (χ3v) is 5.51. The van der Waals surface area contributed by atoms with Crippen LogP contribution in [0.5, 0.6) is 0 Å². The largest absolute Gasteiger partial charge is 0.313 e. The molecule has 0 heterocycles. The monoisotopic (exact) mass is 260 g/mol. The predicted octanol–water partition coefficient (Wildman–Crippen LogP) is 1.23. The summed E-state index contributed by atoms with van der Waals surface area (Å²) in [7, 11) is -3.16. The summed E-state index contributed by atoms with van der Waals surface area (Å²) in [4.78, 5) is 0. The normalized spacial score (nSPS) is 24.6. The zero-order valence-corrected chi connectivity index (χ0v) is 11.6. The van der Waals surface area contributed by atoms with E-state index in [1.165, 1.54) is 25.7 Å². The Bertz CT molecular complexity index is 348. The van der Waals surface area contributed by atoms with Crippen molar-refractivity contribution in [3.63, 3.8) is 0 Å². The van der Waals surface area contributed by atoms with Crippen molar-refractivity contribution in [2.45, 2.75) is 63.3 Å². The number of hydrogen-bond acceptors (Lipinski definition) is 3. The number of sulfonamides is 1. The molecule has 100 valence electrons. The Labute approximate surface area is 105 Å². The highest BCUT2D eigenvalue weighted by Gasteiger charge is 2.29. The van der Waals surface area contributed by atoms with Gasteiger partial charge in [-0.1, -0.05) is 12.8 Å². The second kappa shape index (κ2) is 5.24. The lowest BCUT2D eigenvalue weighted by Crippen LogP contribution is -2.43. The van der Waals surface area contributed by atoms with E-state index in [9.17, 15) is 8.42 Å². The molecule has 0 aromatic heterocycles. The molecule has 0 aromatic carbocycles. The van der Waals surface area contributed by atoms with Crippen LogP contribution < -0.4 is 10.0 Å². The highest BCUT2D eigenvalue weighted by atomic mass is 32.2. The van der Waals surface area contributed by atoms with E-state index in [0.29, 0.717) is 12.6 Å². The molecule has 2 unspecified atom stereocenters. The molecule has 0 saturated heterocycles. The van der Waals surface area contributed by atoms with Gasteiger partial charge in [0.05, 0.1) is 5.25 Å². The van der Waals surface area contributed by atoms with E-state index in [1.54, 1.807) is 6.92 Å². The first kappa shape index (κ1) is 13.3. The summed E-state index contributed by atoms with van der Waals surface area (Å²) in [5.74, 6) is 0.757. The van der Waals surface area contributed by atoms with Crippen LogP contribution >= 0.6 is 0 Å². The molecule has 2 rings (SSSR count). The molecule has 2 fully saturated rings. The summed E-state index contributed by atoms with van der Waals surface area (Å²) in [6.45, 7) is 4.31. The van der Waals surface area contributed by atoms with Gasteiger partial charge in [0.2, 0.25) is 10.0 Å². The van der Waals surface area contributed by atoms with Crippen molar-refractivity contribution in [1.29, 1.82) is 0 Å². The number of rotatable bonds is 8. The molecule has 0 aliphatic heterocycles. The molecule has 0 bridgehead atoms. The van der Waals surface area contributed by atoms with Gasteiger partial charge in [-0.3, -0.25) is 0 Å². The van der Waals surface area contributed by atoms with E-state index >= 15 is 0 Å². The summed E-state index contributed by atoms with van der Waals surface area (Å²) < 4.78 is 26.9. The Morgan fingerprint density at radius 3 is 2.35 bits per heavy atom. The first-order chi connectivity index (χ1) is 7.97. The predicted molar refractivity (Wildman–Crippen MR) is 69.3 cm³/mol. The molecular formula is C12H24N2O2S. The van der Waals surface area contributed by atoms with Crippen LogP contribution in [0.4, 0.5) is 0 Å². The quantitative estimate of drug-likeness (QED) is 0.690. The van der Waals surface area contributed by atoms with Crippen LogP contribution in [0.3, 0.4) is 0 Å². The van der Waals surface area contributed by atoms with Crippen LogP contribution in [0.25, 0.3) is 0 Å². The standard InChI is InChI=1S/C12H24N2O2S/c1-9(7-11-3-4-11)14-17(15,16)10(2)8-13-12-5-6-12/h9-14H,3-8H2,1-2H3. The van der Waals surface area contributed by atoms with Crippen molar-refractivity contribution in [2.75, 3.05) is 6.54 Å².